The summed E-state index contributed by atoms with van der Waals surface area (Å²) in [4.78, 5) is 0. The molecule has 1 unspecified atom stereocenters. The minimum atomic E-state index is 0.551. The van der Waals surface area contributed by atoms with Crippen LogP contribution in [0.4, 0.5) is 0 Å². The van der Waals surface area contributed by atoms with Gasteiger partial charge >= 0.3 is 0 Å². The minimum absolute atomic E-state index is 0.551. The zero-order valence-electron chi connectivity index (χ0n) is 6.59. The van der Waals surface area contributed by atoms with Crippen molar-refractivity contribution in [3.05, 3.63) is 24.8 Å². The summed E-state index contributed by atoms with van der Waals surface area (Å²) in [7, 11) is 0. The first-order chi connectivity index (χ1) is 4.22. The highest BCUT2D eigenvalue weighted by atomic mass is 14.1. The third-order valence-electron chi connectivity index (χ3n) is 1.46. The van der Waals surface area contributed by atoms with Gasteiger partial charge in [0.25, 0.3) is 0 Å². The zero-order valence-corrected chi connectivity index (χ0v) is 6.59. The third-order valence-corrected chi connectivity index (χ3v) is 1.46. The summed E-state index contributed by atoms with van der Waals surface area (Å²) in [5.74, 6) is 1.23. The van der Waals surface area contributed by atoms with Crippen molar-refractivity contribution in [3.8, 4) is 0 Å². The molecule has 0 aromatic rings. The van der Waals surface area contributed by atoms with E-state index in [-0.39, 0.29) is 0 Å². The van der Waals surface area contributed by atoms with Crippen molar-refractivity contribution in [2.45, 2.75) is 20.8 Å². The molecule has 0 rings (SSSR count). The normalized spacial score (nSPS) is 14.7. The molecule has 0 saturated heterocycles. The molecule has 52 valence electrons. The number of allylic oxidation sites excluding steroid dienone is 3. The maximum Gasteiger partial charge on any atom is -0.00332 e. The van der Waals surface area contributed by atoms with Gasteiger partial charge in [-0.2, -0.15) is 0 Å². The van der Waals surface area contributed by atoms with Crippen molar-refractivity contribution in [2.75, 3.05) is 0 Å². The summed E-state index contributed by atoms with van der Waals surface area (Å²) in [5.41, 5.74) is 0. The van der Waals surface area contributed by atoms with Gasteiger partial charge in [-0.15, -0.1) is 6.58 Å². The number of hydrogen-bond donors (Lipinski definition) is 0. The molecule has 0 aliphatic rings. The molecular weight excluding hydrogens is 108 g/mol. The van der Waals surface area contributed by atoms with E-state index in [2.05, 4.69) is 32.6 Å². The van der Waals surface area contributed by atoms with E-state index in [1.54, 1.807) is 0 Å². The highest BCUT2D eigenvalue weighted by Crippen LogP contribution is 2.12. The molecule has 0 heteroatoms. The van der Waals surface area contributed by atoms with Gasteiger partial charge in [0.15, 0.2) is 0 Å². The monoisotopic (exact) mass is 124 g/mol. The topological polar surface area (TPSA) is 0 Å². The van der Waals surface area contributed by atoms with Crippen molar-refractivity contribution in [1.29, 1.82) is 0 Å². The Morgan fingerprint density at radius 2 is 1.89 bits per heavy atom. The fourth-order valence-corrected chi connectivity index (χ4v) is 0.795. The summed E-state index contributed by atoms with van der Waals surface area (Å²) in [5, 5.41) is 0. The molecule has 0 nitrogen and oxygen atoms in total. The highest BCUT2D eigenvalue weighted by Gasteiger charge is 2.02. The standard InChI is InChI=1S/C9H16/c1-5-7-9(6-2)8(3)4/h5-9H,2H2,1,3-4H3/b7-5+. The fourth-order valence-electron chi connectivity index (χ4n) is 0.795. The molecule has 0 heterocycles. The molecule has 0 aromatic heterocycles. The van der Waals surface area contributed by atoms with Gasteiger partial charge in [0.1, 0.15) is 0 Å². The average Bonchev–Trinajstić information content (AvgIpc) is 1.82. The summed E-state index contributed by atoms with van der Waals surface area (Å²) < 4.78 is 0. The van der Waals surface area contributed by atoms with Crippen LogP contribution in [0, 0.1) is 11.8 Å². The van der Waals surface area contributed by atoms with E-state index >= 15 is 0 Å². The predicted molar refractivity (Wildman–Crippen MR) is 43.3 cm³/mol. The molecule has 0 aromatic carbocycles. The second-order valence-corrected chi connectivity index (χ2v) is 2.58. The Labute approximate surface area is 58.3 Å². The summed E-state index contributed by atoms with van der Waals surface area (Å²) in [6, 6.07) is 0. The van der Waals surface area contributed by atoms with Crippen LogP contribution >= 0.6 is 0 Å². The summed E-state index contributed by atoms with van der Waals surface area (Å²) in [6.07, 6.45) is 6.24. The van der Waals surface area contributed by atoms with E-state index in [0.717, 1.165) is 0 Å². The molecule has 0 fully saturated rings. The number of hydrogen-bond acceptors (Lipinski definition) is 0. The fraction of sp³-hybridized carbons (Fsp3) is 0.556. The lowest BCUT2D eigenvalue weighted by Crippen LogP contribution is -2.00. The van der Waals surface area contributed by atoms with E-state index in [1.165, 1.54) is 0 Å². The van der Waals surface area contributed by atoms with Crippen LogP contribution in [-0.4, -0.2) is 0 Å². The first-order valence-corrected chi connectivity index (χ1v) is 3.47. The molecule has 0 spiro atoms. The van der Waals surface area contributed by atoms with Crippen LogP contribution in [0.3, 0.4) is 0 Å². The van der Waals surface area contributed by atoms with Crippen LogP contribution in [0.25, 0.3) is 0 Å². The molecule has 0 bridgehead atoms. The lowest BCUT2D eigenvalue weighted by molar-refractivity contribution is 0.551. The highest BCUT2D eigenvalue weighted by molar-refractivity contribution is 4.96. The van der Waals surface area contributed by atoms with Gasteiger partial charge in [-0.25, -0.2) is 0 Å². The molecule has 9 heavy (non-hydrogen) atoms. The molecule has 0 saturated carbocycles. The van der Waals surface area contributed by atoms with E-state index in [1.807, 2.05) is 13.0 Å². The smallest absolute Gasteiger partial charge is 0.00332 e. The van der Waals surface area contributed by atoms with Crippen LogP contribution in [-0.2, 0) is 0 Å². The minimum Gasteiger partial charge on any atom is -0.102 e. The van der Waals surface area contributed by atoms with Crippen molar-refractivity contribution in [2.24, 2.45) is 11.8 Å². The van der Waals surface area contributed by atoms with Gasteiger partial charge < -0.3 is 0 Å². The lowest BCUT2D eigenvalue weighted by atomic mass is 9.96. The first kappa shape index (κ1) is 8.48. The Bertz CT molecular complexity index is 98.6. The second-order valence-electron chi connectivity index (χ2n) is 2.58. The van der Waals surface area contributed by atoms with Crippen molar-refractivity contribution in [1.82, 2.24) is 0 Å². The Hall–Kier alpha value is -0.520. The Morgan fingerprint density at radius 3 is 2.00 bits per heavy atom. The van der Waals surface area contributed by atoms with Crippen molar-refractivity contribution in [3.63, 3.8) is 0 Å². The Morgan fingerprint density at radius 1 is 1.33 bits per heavy atom. The van der Waals surface area contributed by atoms with Gasteiger partial charge in [-0.1, -0.05) is 32.1 Å². The lowest BCUT2D eigenvalue weighted by Gasteiger charge is -2.09. The van der Waals surface area contributed by atoms with Crippen molar-refractivity contribution >= 4 is 0 Å². The molecule has 0 N–H and O–H groups in total. The van der Waals surface area contributed by atoms with Crippen LogP contribution in [0.2, 0.25) is 0 Å². The predicted octanol–water partition coefficient (Wildman–Crippen LogP) is 3.02. The quantitative estimate of drug-likeness (QED) is 0.507. The average molecular weight is 124 g/mol. The Kier molecular flexibility index (Phi) is 4.12. The van der Waals surface area contributed by atoms with E-state index in [9.17, 15) is 0 Å². The van der Waals surface area contributed by atoms with Gasteiger partial charge in [0, 0.05) is 0 Å². The van der Waals surface area contributed by atoms with Gasteiger partial charge in [-0.05, 0) is 18.8 Å². The van der Waals surface area contributed by atoms with Gasteiger partial charge in [0.2, 0.25) is 0 Å². The number of rotatable bonds is 3. The van der Waals surface area contributed by atoms with E-state index in [4.69, 9.17) is 0 Å². The molecule has 0 radical (unpaired) electrons. The summed E-state index contributed by atoms with van der Waals surface area (Å²) >= 11 is 0. The van der Waals surface area contributed by atoms with Gasteiger partial charge in [-0.3, -0.25) is 0 Å². The molecule has 1 atom stereocenters. The summed E-state index contributed by atoms with van der Waals surface area (Å²) in [6.45, 7) is 10.2. The maximum atomic E-state index is 3.75. The van der Waals surface area contributed by atoms with E-state index in [0.29, 0.717) is 11.8 Å². The van der Waals surface area contributed by atoms with Crippen LogP contribution in [0.15, 0.2) is 24.8 Å². The van der Waals surface area contributed by atoms with Gasteiger partial charge in [0.05, 0.1) is 0 Å². The zero-order chi connectivity index (χ0) is 7.28. The van der Waals surface area contributed by atoms with Crippen LogP contribution in [0.1, 0.15) is 20.8 Å². The first-order valence-electron chi connectivity index (χ1n) is 3.47. The maximum absolute atomic E-state index is 3.75. The molecule has 0 amide bonds. The Balaban J connectivity index is 3.82. The largest absolute Gasteiger partial charge is 0.102 e. The van der Waals surface area contributed by atoms with Crippen LogP contribution in [0.5, 0.6) is 0 Å². The van der Waals surface area contributed by atoms with E-state index < -0.39 is 0 Å². The molecular formula is C9H16. The van der Waals surface area contributed by atoms with Crippen molar-refractivity contribution < 1.29 is 0 Å². The SMILES string of the molecule is C=CC(/C=C/C)C(C)C. The molecule has 0 aliphatic carbocycles. The third kappa shape index (κ3) is 3.12. The second kappa shape index (κ2) is 4.37. The van der Waals surface area contributed by atoms with Crippen LogP contribution < -0.4 is 0 Å². The molecule has 0 aliphatic heterocycles.